The SMILES string of the molecule is CCBr.[2H]C([2H])([2H])N(C)c1nc(C)cc(Cl)n1.[2H]C([2H])([2H])N(C)c1nc(C)cc(OC2CCC2)n1.[2H]C([2H])([2H])N(C)c1nc(CCCCCCCCCCCCCCCC)c(Br)c(OC2CCC2)n1.[2H]C([2H])([2H])N(C)c1nc(CCCCCCCCCCCCCCCC)c(O)c(OC2CCC2)n1.[2H]C([2H])([2H])N(C)c1nc(CCCCCCCCCCCCCCCC)cc(OC2CCC2)n1. The summed E-state index contributed by atoms with van der Waals surface area (Å²) in [4.78, 5) is 48.0. The fourth-order valence-corrected chi connectivity index (χ4v) is 14.7. The van der Waals surface area contributed by atoms with E-state index in [0.29, 0.717) is 41.1 Å². The van der Waals surface area contributed by atoms with Gasteiger partial charge in [-0.2, -0.15) is 19.9 Å². The van der Waals surface area contributed by atoms with E-state index >= 15 is 0 Å². The molecule has 0 saturated heterocycles. The fraction of sp³-hybridized carbons (Fsp3) is 0.796. The van der Waals surface area contributed by atoms with Gasteiger partial charge >= 0.3 is 0 Å². The average molecular weight is 1850 g/mol. The third-order valence-electron chi connectivity index (χ3n) is 22.3. The van der Waals surface area contributed by atoms with Crippen molar-refractivity contribution in [2.24, 2.45) is 0 Å². The fourth-order valence-electron chi connectivity index (χ4n) is 14.0. The summed E-state index contributed by atoms with van der Waals surface area (Å²) in [6, 6.07) is 5.20. The Morgan fingerprint density at radius 2 is 0.620 bits per heavy atom. The molecular weight excluding hydrogens is 1660 g/mol. The molecule has 5 heterocycles. The van der Waals surface area contributed by atoms with Crippen molar-refractivity contribution in [3.05, 3.63) is 56.3 Å². The van der Waals surface area contributed by atoms with Crippen LogP contribution in [0.4, 0.5) is 29.7 Å². The maximum absolute atomic E-state index is 10.7. The topological polar surface area (TPSA) is 202 Å². The molecule has 23 heteroatoms. The van der Waals surface area contributed by atoms with Crippen LogP contribution in [-0.4, -0.2) is 155 Å². The number of unbranched alkanes of at least 4 members (excludes halogenated alkanes) is 39. The Morgan fingerprint density at radius 3 is 0.959 bits per heavy atom. The lowest BCUT2D eigenvalue weighted by Gasteiger charge is -2.27. The second-order valence-corrected chi connectivity index (χ2v) is 36.1. The Bertz CT molecular complexity index is 3850. The lowest BCUT2D eigenvalue weighted by Crippen LogP contribution is -2.26. The maximum atomic E-state index is 10.7. The molecule has 0 radical (unpaired) electrons. The zero-order valence-electron chi connectivity index (χ0n) is 92.0. The van der Waals surface area contributed by atoms with E-state index in [9.17, 15) is 5.11 Å². The van der Waals surface area contributed by atoms with Gasteiger partial charge in [0.1, 0.15) is 34.0 Å². The van der Waals surface area contributed by atoms with Crippen LogP contribution in [0.1, 0.15) is 423 Å². The van der Waals surface area contributed by atoms with Crippen molar-refractivity contribution in [3.63, 3.8) is 0 Å². The van der Waals surface area contributed by atoms with Gasteiger partial charge in [0.15, 0.2) is 0 Å². The molecule has 0 aromatic carbocycles. The van der Waals surface area contributed by atoms with E-state index < -0.39 is 34.9 Å². The summed E-state index contributed by atoms with van der Waals surface area (Å²) in [6.07, 6.45) is 70.9. The third-order valence-corrected chi connectivity index (χ3v) is 23.3. The first-order chi connectivity index (χ1) is 64.6. The highest BCUT2D eigenvalue weighted by molar-refractivity contribution is 9.10. The lowest BCUT2D eigenvalue weighted by atomic mass is 9.96. The molecule has 20 nitrogen and oxygen atoms in total. The largest absolute Gasteiger partial charge is 0.502 e. The number of ether oxygens (including phenoxy) is 4. The van der Waals surface area contributed by atoms with E-state index in [1.807, 2.05) is 13.0 Å². The lowest BCUT2D eigenvalue weighted by molar-refractivity contribution is 0.110. The number of aromatic hydroxyl groups is 1. The summed E-state index contributed by atoms with van der Waals surface area (Å²) >= 11 is 12.5. The van der Waals surface area contributed by atoms with E-state index in [4.69, 9.17) is 51.1 Å². The number of anilines is 5. The summed E-state index contributed by atoms with van der Waals surface area (Å²) in [5.74, 6) is 2.32. The van der Waals surface area contributed by atoms with Gasteiger partial charge in [0.2, 0.25) is 53.1 Å². The molecular formula is C98H172Br2ClN15O5. The molecule has 0 amide bonds. The van der Waals surface area contributed by atoms with Gasteiger partial charge in [-0.25, -0.2) is 29.9 Å². The smallest absolute Gasteiger partial charge is 0.262 e. The number of nitrogens with zero attached hydrogens (tertiary/aromatic N) is 15. The summed E-state index contributed by atoms with van der Waals surface area (Å²) < 4.78 is 137. The van der Waals surface area contributed by atoms with Crippen molar-refractivity contribution < 1.29 is 44.6 Å². The van der Waals surface area contributed by atoms with Gasteiger partial charge < -0.3 is 48.6 Å². The van der Waals surface area contributed by atoms with Crippen molar-refractivity contribution in [1.29, 1.82) is 0 Å². The molecule has 5 aromatic heterocycles. The molecule has 0 atom stereocenters. The van der Waals surface area contributed by atoms with Crippen LogP contribution < -0.4 is 43.4 Å². The van der Waals surface area contributed by atoms with Gasteiger partial charge in [-0.15, -0.1) is 0 Å². The molecule has 0 bridgehead atoms. The summed E-state index contributed by atoms with van der Waals surface area (Å²) in [7, 11) is 7.33. The van der Waals surface area contributed by atoms with Gasteiger partial charge in [-0.05, 0) is 151 Å². The van der Waals surface area contributed by atoms with Crippen molar-refractivity contribution in [2.75, 3.05) is 99.9 Å². The first-order valence-corrected chi connectivity index (χ1v) is 49.8. The van der Waals surface area contributed by atoms with E-state index in [0.717, 1.165) is 148 Å². The number of alkyl halides is 1. The Labute approximate surface area is 780 Å². The van der Waals surface area contributed by atoms with E-state index in [1.54, 1.807) is 26.0 Å². The van der Waals surface area contributed by atoms with Crippen molar-refractivity contribution in [1.82, 2.24) is 49.8 Å². The molecule has 1 N–H and O–H groups in total. The van der Waals surface area contributed by atoms with Gasteiger partial charge in [-0.3, -0.25) is 0 Å². The van der Waals surface area contributed by atoms with Gasteiger partial charge in [-0.1, -0.05) is 306 Å². The number of aryl methyl sites for hydroxylation is 5. The van der Waals surface area contributed by atoms with E-state index in [2.05, 4.69) is 102 Å². The summed E-state index contributed by atoms with van der Waals surface area (Å²) in [6.45, 7) is 0.978. The summed E-state index contributed by atoms with van der Waals surface area (Å²) in [5.41, 5.74) is 3.54. The van der Waals surface area contributed by atoms with Crippen LogP contribution in [-0.2, 0) is 19.3 Å². The van der Waals surface area contributed by atoms with Crippen LogP contribution in [0.2, 0.25) is 5.15 Å². The maximum Gasteiger partial charge on any atom is 0.262 e. The minimum atomic E-state index is -2.35. The molecule has 121 heavy (non-hydrogen) atoms. The Morgan fingerprint density at radius 1 is 0.347 bits per heavy atom. The minimum absolute atomic E-state index is 0.0377. The van der Waals surface area contributed by atoms with Crippen molar-refractivity contribution in [3.8, 4) is 29.3 Å². The van der Waals surface area contributed by atoms with Crippen LogP contribution in [0, 0.1) is 13.8 Å². The molecule has 9 rings (SSSR count). The molecule has 4 aliphatic carbocycles. The normalized spacial score (nSPS) is 16.0. The number of hydrogen-bond donors (Lipinski definition) is 1. The van der Waals surface area contributed by atoms with Crippen LogP contribution in [0.25, 0.3) is 0 Å². The van der Waals surface area contributed by atoms with Crippen molar-refractivity contribution in [2.45, 2.75) is 432 Å². The first kappa shape index (κ1) is 85.1. The standard InChI is InChI=1S/C26H46BrN3O.C26H47N3O2.C26H47N3O.C11H17N3O.C7H10ClN3.C2H5Br/c1-4-5-6-7-8-9-10-11-12-13-14-15-16-17-21-23-24(27)25(31-22-19-18-20-22)29-26(28-23)30(2)3;1-4-5-6-7-8-9-10-11-12-13-14-15-16-17-21-23-24(30)25(31-22-19-18-20-22)28-26(27-23)29(2)3;1-4-5-6-7-8-9-10-11-12-13-14-15-16-17-19-23-22-25(30-24-20-18-21-24)28-26(27-23)29(2)3;1-8-7-10(15-9-5-4-6-9)13-11(12-8)14(2)3;1-5-4-6(8)10-7(9-5)11(2)3;1-2-3/h22H,4-21H2,1-3H3;22,30H,4-21H2,1-3H3;22,24H,4-21H2,1-3H3;7,9H,4-6H2,1-3H3;4H,1-3H3;2H2,1H3/i5*2D3;. The highest BCUT2D eigenvalue weighted by Gasteiger charge is 2.27. The average Bonchev–Trinajstić information content (AvgIpc) is 0.800. The summed E-state index contributed by atoms with van der Waals surface area (Å²) in [5, 5.41) is 12.0. The Kier molecular flexibility index (Phi) is 47.8. The van der Waals surface area contributed by atoms with E-state index in [-0.39, 0.29) is 70.9 Å². The number of rotatable bonds is 58. The van der Waals surface area contributed by atoms with Crippen LogP contribution in [0.15, 0.2) is 22.7 Å². The number of aromatic nitrogens is 10. The first-order valence-electron chi connectivity index (χ1n) is 55.0. The minimum Gasteiger partial charge on any atom is -0.502 e. The van der Waals surface area contributed by atoms with E-state index in [1.165, 1.54) is 292 Å². The van der Waals surface area contributed by atoms with Gasteiger partial charge in [0, 0.05) is 125 Å². The Hall–Kier alpha value is -5.35. The molecule has 0 aliphatic heterocycles. The number of hydrogen-bond acceptors (Lipinski definition) is 20. The second-order valence-electron chi connectivity index (χ2n) is 33.8. The molecule has 5 aromatic rings. The highest BCUT2D eigenvalue weighted by Crippen LogP contribution is 2.37. The van der Waals surface area contributed by atoms with Gasteiger partial charge in [0.25, 0.3) is 5.88 Å². The Balaban J connectivity index is 0.000000363. The second kappa shape index (κ2) is 67.9. The molecule has 4 fully saturated rings. The molecule has 4 saturated carbocycles. The molecule has 690 valence electrons. The van der Waals surface area contributed by atoms with Gasteiger partial charge in [0.05, 0.1) is 11.4 Å². The third kappa shape index (κ3) is 50.0. The highest BCUT2D eigenvalue weighted by atomic mass is 79.9. The van der Waals surface area contributed by atoms with Crippen LogP contribution >= 0.6 is 43.5 Å². The molecule has 4 aliphatic rings. The number of halogens is 3. The predicted molar refractivity (Wildman–Crippen MR) is 520 cm³/mol. The van der Waals surface area contributed by atoms with Crippen molar-refractivity contribution >= 4 is 73.2 Å². The zero-order valence-corrected chi connectivity index (χ0v) is 80.9. The van der Waals surface area contributed by atoms with Crippen LogP contribution in [0.3, 0.4) is 0 Å². The zero-order chi connectivity index (χ0) is 101. The van der Waals surface area contributed by atoms with Crippen LogP contribution in [0.5, 0.6) is 29.3 Å². The quantitative estimate of drug-likeness (QED) is 0.0218. The molecule has 0 unspecified atom stereocenters. The predicted octanol–water partition coefficient (Wildman–Crippen LogP) is 27.6. The monoisotopic (exact) mass is 1850 g/mol. The molecule has 0 spiro atoms.